The Morgan fingerprint density at radius 1 is 0.537 bits per heavy atom. The van der Waals surface area contributed by atoms with Crippen LogP contribution in [0, 0.1) is 0 Å². The molecule has 0 aliphatic heterocycles. The first-order chi connectivity index (χ1) is 17.8. The van der Waals surface area contributed by atoms with Gasteiger partial charge in [0.2, 0.25) is 6.33 Å². The molecule has 0 atom stereocenters. The number of hydrogen-bond donors (Lipinski definition) is 0. The highest BCUT2D eigenvalue weighted by Gasteiger charge is 2.97. The van der Waals surface area contributed by atoms with Gasteiger partial charge < -0.3 is 0 Å². The van der Waals surface area contributed by atoms with Crippen molar-refractivity contribution in [2.24, 2.45) is 0 Å². The number of hydrogen-bond acceptors (Lipinski definition) is 0. The molecule has 0 aromatic carbocycles. The summed E-state index contributed by atoms with van der Waals surface area (Å²) in [6.07, 6.45) is -7.80. The Labute approximate surface area is 213 Å². The van der Waals surface area contributed by atoms with Crippen LogP contribution in [0.4, 0.5) is 92.2 Å². The number of alkyl halides is 21. The SMILES string of the molecule is C=Cn1cc[n+](CCCC(F)(F)C(F)(F)C(F)(F)C(F)(F)C(F)(F)C(F)(F)C(F)(F)C(F)(F)C(F)(F)C(F)(F)F)c1. The second kappa shape index (κ2) is 10.0. The van der Waals surface area contributed by atoms with Crippen molar-refractivity contribution >= 4 is 6.20 Å². The van der Waals surface area contributed by atoms with Crippen molar-refractivity contribution in [1.29, 1.82) is 0 Å². The van der Waals surface area contributed by atoms with E-state index in [1.807, 2.05) is 0 Å². The highest BCUT2D eigenvalue weighted by atomic mass is 19.4. The lowest BCUT2D eigenvalue weighted by Gasteiger charge is -2.44. The summed E-state index contributed by atoms with van der Waals surface area (Å²) in [6.45, 7) is 2.40. The molecule has 41 heavy (non-hydrogen) atoms. The predicted molar refractivity (Wildman–Crippen MR) is 90.8 cm³/mol. The highest BCUT2D eigenvalue weighted by molar-refractivity contribution is 5.18. The lowest BCUT2D eigenvalue weighted by Crippen LogP contribution is -2.76. The first kappa shape index (κ1) is 36.5. The summed E-state index contributed by atoms with van der Waals surface area (Å²) in [5.41, 5.74) is 0. The lowest BCUT2D eigenvalue weighted by molar-refractivity contribution is -0.696. The maximum absolute atomic E-state index is 13.9. The number of rotatable bonds is 13. The van der Waals surface area contributed by atoms with E-state index in [4.69, 9.17) is 0 Å². The lowest BCUT2D eigenvalue weighted by atomic mass is 9.85. The number of nitrogens with zero attached hydrogens (tertiary/aromatic N) is 2. The van der Waals surface area contributed by atoms with Crippen molar-refractivity contribution in [3.8, 4) is 0 Å². The molecule has 2 nitrogen and oxygen atoms in total. The molecule has 0 aliphatic carbocycles. The summed E-state index contributed by atoms with van der Waals surface area (Å²) in [6, 6.07) is 0. The zero-order valence-corrected chi connectivity index (χ0v) is 19.0. The number of halogens is 21. The molecule has 0 saturated heterocycles. The largest absolute Gasteiger partial charge is 0.460 e. The third-order valence-electron chi connectivity index (χ3n) is 5.41. The van der Waals surface area contributed by atoms with Crippen LogP contribution in [0.1, 0.15) is 12.8 Å². The summed E-state index contributed by atoms with van der Waals surface area (Å²) in [4.78, 5) is 0. The fraction of sp³-hybridized carbons (Fsp3) is 0.722. The smallest absolute Gasteiger partial charge is 0.236 e. The summed E-state index contributed by atoms with van der Waals surface area (Å²) < 4.78 is 282. The van der Waals surface area contributed by atoms with E-state index in [-0.39, 0.29) is 0 Å². The van der Waals surface area contributed by atoms with Gasteiger partial charge in [-0.3, -0.25) is 0 Å². The summed E-state index contributed by atoms with van der Waals surface area (Å²) in [5.74, 6) is -76.6. The second-order valence-electron chi connectivity index (χ2n) is 8.18. The third-order valence-corrected chi connectivity index (χ3v) is 5.41. The first-order valence-corrected chi connectivity index (χ1v) is 9.92. The average molecular weight is 655 g/mol. The monoisotopic (exact) mass is 655 g/mol. The minimum atomic E-state index is -9.16. The maximum atomic E-state index is 13.9. The van der Waals surface area contributed by atoms with Gasteiger partial charge in [-0.1, -0.05) is 6.58 Å². The topological polar surface area (TPSA) is 8.81 Å². The molecule has 0 unspecified atom stereocenters. The van der Waals surface area contributed by atoms with Crippen LogP contribution in [0.3, 0.4) is 0 Å². The van der Waals surface area contributed by atoms with Gasteiger partial charge in [-0.05, 0) is 6.42 Å². The van der Waals surface area contributed by atoms with E-state index in [0.29, 0.717) is 0 Å². The Balaban J connectivity index is 3.52. The fourth-order valence-electron chi connectivity index (χ4n) is 2.88. The molecule has 1 rings (SSSR count). The van der Waals surface area contributed by atoms with E-state index in [9.17, 15) is 92.2 Å². The quantitative estimate of drug-likeness (QED) is 0.151. The zero-order chi connectivity index (χ0) is 33.1. The standard InChI is InChI=1S/C18H12F21N2/c1-2-40-6-7-41(8-40)5-3-4-9(19,20)10(21,22)11(23,24)12(25,26)13(27,28)14(29,30)15(31,32)16(33,34)17(35,36)18(37,38)39/h2,6-8H,1,3-5H2/q+1. The summed E-state index contributed by atoms with van der Waals surface area (Å²) in [5, 5.41) is 0. The van der Waals surface area contributed by atoms with Gasteiger partial charge in [0.15, 0.2) is 0 Å². The van der Waals surface area contributed by atoms with Crippen LogP contribution in [-0.2, 0) is 6.54 Å². The average Bonchev–Trinajstić information content (AvgIpc) is 3.25. The van der Waals surface area contributed by atoms with Crippen molar-refractivity contribution in [2.75, 3.05) is 0 Å². The van der Waals surface area contributed by atoms with Crippen LogP contribution in [0.25, 0.3) is 6.20 Å². The van der Waals surface area contributed by atoms with Gasteiger partial charge in [-0.2, -0.15) is 92.2 Å². The molecule has 0 fully saturated rings. The Hall–Kier alpha value is -2.52. The van der Waals surface area contributed by atoms with Gasteiger partial charge in [-0.25, -0.2) is 9.13 Å². The maximum Gasteiger partial charge on any atom is 0.460 e. The third kappa shape index (κ3) is 5.07. The van der Waals surface area contributed by atoms with Gasteiger partial charge in [0, 0.05) is 6.42 Å². The summed E-state index contributed by atoms with van der Waals surface area (Å²) in [7, 11) is 0. The molecule has 0 aliphatic rings. The van der Waals surface area contributed by atoms with Gasteiger partial charge in [0.1, 0.15) is 12.4 Å². The van der Waals surface area contributed by atoms with Gasteiger partial charge in [0.05, 0.1) is 12.7 Å². The number of aromatic nitrogens is 2. The van der Waals surface area contributed by atoms with Crippen molar-refractivity contribution in [1.82, 2.24) is 4.57 Å². The normalized spacial score (nSPS) is 15.8. The molecule has 1 aromatic heterocycles. The van der Waals surface area contributed by atoms with Crippen molar-refractivity contribution in [3.05, 3.63) is 25.3 Å². The molecule has 0 bridgehead atoms. The molecule has 0 saturated carbocycles. The van der Waals surface area contributed by atoms with Crippen LogP contribution in [-0.4, -0.2) is 64.0 Å². The minimum absolute atomic E-state index is 0.822. The molecule has 0 radical (unpaired) electrons. The van der Waals surface area contributed by atoms with E-state index in [1.165, 1.54) is 0 Å². The Kier molecular flexibility index (Phi) is 8.94. The van der Waals surface area contributed by atoms with Crippen LogP contribution in [0.15, 0.2) is 25.3 Å². The Morgan fingerprint density at radius 2 is 0.878 bits per heavy atom. The van der Waals surface area contributed by atoms with Crippen LogP contribution in [0.2, 0.25) is 0 Å². The van der Waals surface area contributed by atoms with Crippen molar-refractivity contribution < 1.29 is 96.8 Å². The molecule has 0 amide bonds. The van der Waals surface area contributed by atoms with E-state index in [0.717, 1.165) is 34.1 Å². The second-order valence-corrected chi connectivity index (χ2v) is 8.18. The molecule has 240 valence electrons. The number of aryl methyl sites for hydroxylation is 1. The van der Waals surface area contributed by atoms with E-state index in [2.05, 4.69) is 6.58 Å². The Bertz CT molecular complexity index is 1080. The molecule has 0 spiro atoms. The Morgan fingerprint density at radius 3 is 1.20 bits per heavy atom. The van der Waals surface area contributed by atoms with Crippen LogP contribution in [0.5, 0.6) is 0 Å². The molecular weight excluding hydrogens is 643 g/mol. The predicted octanol–water partition coefficient (Wildman–Crippen LogP) is 7.94. The van der Waals surface area contributed by atoms with Gasteiger partial charge in [0.25, 0.3) is 0 Å². The van der Waals surface area contributed by atoms with Gasteiger partial charge in [-0.15, -0.1) is 0 Å². The fourth-order valence-corrected chi connectivity index (χ4v) is 2.88. The van der Waals surface area contributed by atoms with Crippen molar-refractivity contribution in [3.63, 3.8) is 0 Å². The van der Waals surface area contributed by atoms with Crippen LogP contribution >= 0.6 is 0 Å². The first-order valence-electron chi connectivity index (χ1n) is 9.92. The molecular formula is C18H12F21N2+. The van der Waals surface area contributed by atoms with E-state index < -0.39 is 78.9 Å². The van der Waals surface area contributed by atoms with E-state index in [1.54, 1.807) is 0 Å². The molecule has 1 heterocycles. The minimum Gasteiger partial charge on any atom is -0.236 e. The number of imidazole rings is 1. The summed E-state index contributed by atoms with van der Waals surface area (Å²) >= 11 is 0. The van der Waals surface area contributed by atoms with E-state index >= 15 is 0 Å². The molecule has 0 N–H and O–H groups in total. The van der Waals surface area contributed by atoms with Crippen LogP contribution < -0.4 is 4.57 Å². The zero-order valence-electron chi connectivity index (χ0n) is 19.0. The molecule has 23 heteroatoms. The van der Waals surface area contributed by atoms with Crippen molar-refractivity contribution in [2.45, 2.75) is 78.9 Å². The van der Waals surface area contributed by atoms with Gasteiger partial charge >= 0.3 is 59.5 Å². The molecule has 1 aromatic rings. The highest BCUT2D eigenvalue weighted by Crippen LogP contribution is 2.66.